The molecule has 4 heterocycles. The number of aryl methyl sites for hydroxylation is 6. The summed E-state index contributed by atoms with van der Waals surface area (Å²) in [6.45, 7) is 13.8. The highest BCUT2D eigenvalue weighted by molar-refractivity contribution is 7.00. The van der Waals surface area contributed by atoms with Crippen LogP contribution >= 0.6 is 0 Å². The molecule has 302 valence electrons. The first-order chi connectivity index (χ1) is 31.2. The molecule has 2 nitrogen and oxygen atoms in total. The molecule has 64 heavy (non-hydrogen) atoms. The van der Waals surface area contributed by atoms with Gasteiger partial charge < -0.3 is 9.13 Å². The zero-order valence-electron chi connectivity index (χ0n) is 37.2. The summed E-state index contributed by atoms with van der Waals surface area (Å²) in [5.74, 6) is 0. The first kappa shape index (κ1) is 37.3. The third-order valence-electron chi connectivity index (χ3n) is 14.8. The molecule has 0 fully saturated rings. The van der Waals surface area contributed by atoms with E-state index in [2.05, 4.69) is 221 Å². The van der Waals surface area contributed by atoms with Crippen LogP contribution in [0.15, 0.2) is 170 Å². The van der Waals surface area contributed by atoms with Gasteiger partial charge in [-0.15, -0.1) is 0 Å². The van der Waals surface area contributed by atoms with E-state index in [1.54, 1.807) is 0 Å². The van der Waals surface area contributed by atoms with Crippen molar-refractivity contribution in [3.8, 4) is 33.6 Å². The van der Waals surface area contributed by atoms with Crippen LogP contribution in [-0.2, 0) is 0 Å². The molecule has 9 aromatic carbocycles. The predicted molar refractivity (Wildman–Crippen MR) is 277 cm³/mol. The van der Waals surface area contributed by atoms with Crippen LogP contribution in [0.3, 0.4) is 0 Å². The van der Waals surface area contributed by atoms with Crippen LogP contribution in [0.2, 0.25) is 0 Å². The molecule has 0 amide bonds. The summed E-state index contributed by atoms with van der Waals surface area (Å²) in [5.41, 5.74) is 28.8. The Bertz CT molecular complexity index is 3500. The molecular weight excluding hydrogens is 770 g/mol. The number of hydrogen-bond acceptors (Lipinski definition) is 0. The molecule has 2 aliphatic rings. The number of para-hydroxylation sites is 2. The Morgan fingerprint density at radius 1 is 0.312 bits per heavy atom. The second-order valence-electron chi connectivity index (χ2n) is 18.8. The molecule has 2 aliphatic heterocycles. The highest BCUT2D eigenvalue weighted by atomic mass is 15.0. The van der Waals surface area contributed by atoms with E-state index >= 15 is 0 Å². The van der Waals surface area contributed by atoms with Gasteiger partial charge in [-0.1, -0.05) is 190 Å². The van der Waals surface area contributed by atoms with Gasteiger partial charge in [0.15, 0.2) is 0 Å². The minimum absolute atomic E-state index is 0.0330. The molecule has 0 atom stereocenters. The first-order valence-corrected chi connectivity index (χ1v) is 22.8. The molecule has 0 radical (unpaired) electrons. The fourth-order valence-electron chi connectivity index (χ4n) is 12.5. The highest BCUT2D eigenvalue weighted by Crippen LogP contribution is 2.39. The predicted octanol–water partition coefficient (Wildman–Crippen LogP) is 10.7. The van der Waals surface area contributed by atoms with E-state index in [1.807, 2.05) is 0 Å². The van der Waals surface area contributed by atoms with Gasteiger partial charge >= 0.3 is 0 Å². The van der Waals surface area contributed by atoms with Crippen molar-refractivity contribution < 1.29 is 0 Å². The van der Waals surface area contributed by atoms with Gasteiger partial charge in [-0.2, -0.15) is 0 Å². The van der Waals surface area contributed by atoms with Gasteiger partial charge in [-0.05, 0) is 110 Å². The molecule has 0 bridgehead atoms. The second kappa shape index (κ2) is 13.6. The molecular formula is C60H46B2N2. The van der Waals surface area contributed by atoms with Crippen molar-refractivity contribution in [2.24, 2.45) is 0 Å². The molecule has 0 saturated carbocycles. The van der Waals surface area contributed by atoms with Crippen molar-refractivity contribution in [1.29, 1.82) is 0 Å². The van der Waals surface area contributed by atoms with Gasteiger partial charge in [0.05, 0.1) is 11.0 Å². The van der Waals surface area contributed by atoms with Gasteiger partial charge in [-0.25, -0.2) is 0 Å². The summed E-state index contributed by atoms with van der Waals surface area (Å²) < 4.78 is 5.28. The number of benzene rings is 9. The molecule has 0 N–H and O–H groups in total. The zero-order chi connectivity index (χ0) is 43.1. The molecule has 11 aromatic rings. The summed E-state index contributed by atoms with van der Waals surface area (Å²) in [6, 6.07) is 64.9. The van der Waals surface area contributed by atoms with E-state index < -0.39 is 0 Å². The van der Waals surface area contributed by atoms with Gasteiger partial charge in [0.25, 0.3) is 0 Å². The lowest BCUT2D eigenvalue weighted by molar-refractivity contribution is 1.16. The van der Waals surface area contributed by atoms with Crippen molar-refractivity contribution in [2.75, 3.05) is 0 Å². The van der Waals surface area contributed by atoms with E-state index in [0.29, 0.717) is 0 Å². The van der Waals surface area contributed by atoms with E-state index in [9.17, 15) is 0 Å². The van der Waals surface area contributed by atoms with Gasteiger partial charge in [0.2, 0.25) is 13.4 Å². The third kappa shape index (κ3) is 5.17. The number of hydrogen-bond donors (Lipinski definition) is 0. The Kier molecular flexibility index (Phi) is 7.92. The number of fused-ring (bicyclic) bond motifs is 10. The average Bonchev–Trinajstić information content (AvgIpc) is 3.81. The molecule has 2 aromatic heterocycles. The standard InChI is InChI=1S/C60H46B2N2/c1-35-27-37(3)57(38(4)28-35)61-49-21-13-19-47-45-25-23-43(41-15-9-7-10-16-41)31-53(45)63(59(47)49)55-34-52-56(33-51(55)61)64-54-32-44(42-17-11-8-12-18-42)24-26-46(54)48-20-14-22-50(60(48)64)62(52)58-39(5)29-36(2)30-40(58)6/h7-34H,1-6H3. The van der Waals surface area contributed by atoms with Crippen LogP contribution in [0.1, 0.15) is 33.4 Å². The Labute approximate surface area is 375 Å². The van der Waals surface area contributed by atoms with E-state index in [0.717, 1.165) is 0 Å². The maximum absolute atomic E-state index is 2.64. The second-order valence-corrected chi connectivity index (χ2v) is 18.8. The summed E-state index contributed by atoms with van der Waals surface area (Å²) >= 11 is 0. The minimum Gasteiger partial charge on any atom is -0.310 e. The van der Waals surface area contributed by atoms with E-state index in [-0.39, 0.29) is 13.4 Å². The zero-order valence-corrected chi connectivity index (χ0v) is 37.2. The average molecular weight is 817 g/mol. The lowest BCUT2D eigenvalue weighted by Crippen LogP contribution is -2.61. The highest BCUT2D eigenvalue weighted by Gasteiger charge is 2.41. The summed E-state index contributed by atoms with van der Waals surface area (Å²) in [5, 5.41) is 5.19. The van der Waals surface area contributed by atoms with E-state index in [4.69, 9.17) is 0 Å². The van der Waals surface area contributed by atoms with Crippen molar-refractivity contribution >= 4 is 89.8 Å². The lowest BCUT2D eigenvalue weighted by Gasteiger charge is -2.34. The summed E-state index contributed by atoms with van der Waals surface area (Å²) in [7, 11) is 0. The molecule has 13 rings (SSSR count). The number of aromatic nitrogens is 2. The SMILES string of the molecule is Cc1cc(C)c(B2c3cc4c(cc3-n3c5cc(-c6ccccc6)ccc5c5cccc2c53)B(c2c(C)cc(C)cc2C)c2cccc3c5ccc(-c6ccccc6)cc5n-4c23)c(C)c1. The number of nitrogens with zero attached hydrogens (tertiary/aromatic N) is 2. The third-order valence-corrected chi connectivity index (χ3v) is 14.8. The topological polar surface area (TPSA) is 9.86 Å². The smallest absolute Gasteiger partial charge is 0.247 e. The Hall–Kier alpha value is -7.29. The van der Waals surface area contributed by atoms with Crippen LogP contribution in [0, 0.1) is 41.5 Å². The quantitative estimate of drug-likeness (QED) is 0.157. The molecule has 0 aliphatic carbocycles. The van der Waals surface area contributed by atoms with Crippen LogP contribution in [0.4, 0.5) is 0 Å². The van der Waals surface area contributed by atoms with Crippen LogP contribution in [-0.4, -0.2) is 22.6 Å². The van der Waals surface area contributed by atoms with Crippen molar-refractivity contribution in [3.05, 3.63) is 203 Å². The summed E-state index contributed by atoms with van der Waals surface area (Å²) in [4.78, 5) is 0. The van der Waals surface area contributed by atoms with E-state index in [1.165, 1.54) is 143 Å². The normalized spacial score (nSPS) is 12.8. The van der Waals surface area contributed by atoms with Crippen LogP contribution < -0.4 is 32.8 Å². The number of rotatable bonds is 4. The van der Waals surface area contributed by atoms with Gasteiger partial charge in [0.1, 0.15) is 0 Å². The maximum Gasteiger partial charge on any atom is 0.247 e. The molecule has 0 saturated heterocycles. The lowest BCUT2D eigenvalue weighted by atomic mass is 9.32. The first-order valence-electron chi connectivity index (χ1n) is 22.8. The largest absolute Gasteiger partial charge is 0.310 e. The van der Waals surface area contributed by atoms with Crippen molar-refractivity contribution in [1.82, 2.24) is 9.13 Å². The van der Waals surface area contributed by atoms with Crippen LogP contribution in [0.5, 0.6) is 0 Å². The monoisotopic (exact) mass is 816 g/mol. The Morgan fingerprint density at radius 3 is 1.09 bits per heavy atom. The Morgan fingerprint density at radius 2 is 0.703 bits per heavy atom. The molecule has 0 unspecified atom stereocenters. The summed E-state index contributed by atoms with van der Waals surface area (Å²) in [6.07, 6.45) is 0. The van der Waals surface area contributed by atoms with Gasteiger partial charge in [0, 0.05) is 44.0 Å². The Balaban J connectivity index is 1.21. The molecule has 0 spiro atoms. The fourth-order valence-corrected chi connectivity index (χ4v) is 12.5. The van der Waals surface area contributed by atoms with Gasteiger partial charge in [-0.3, -0.25) is 0 Å². The van der Waals surface area contributed by atoms with Crippen molar-refractivity contribution in [2.45, 2.75) is 41.5 Å². The molecule has 4 heteroatoms. The van der Waals surface area contributed by atoms with Crippen LogP contribution in [0.25, 0.3) is 77.2 Å². The minimum atomic E-state index is 0.0330. The maximum atomic E-state index is 2.64. The fraction of sp³-hybridized carbons (Fsp3) is 0.100. The van der Waals surface area contributed by atoms with Crippen molar-refractivity contribution in [3.63, 3.8) is 0 Å².